The standard InChI is InChI=1S/C18H17F4NO2/c19-14-4-5-17(13(8-14)11-24-16-6-7-23-10-16)12-2-1-3-15(9-12)25-18(20,21)22/h1-5,8-9,16,23H,6-7,10-11H2. The number of ether oxygens (including phenoxy) is 2. The first-order chi connectivity index (χ1) is 11.9. The number of nitrogens with one attached hydrogen (secondary N) is 1. The van der Waals surface area contributed by atoms with E-state index in [0.717, 1.165) is 19.5 Å². The van der Waals surface area contributed by atoms with Crippen LogP contribution in [0, 0.1) is 5.82 Å². The third-order valence-corrected chi connectivity index (χ3v) is 3.94. The van der Waals surface area contributed by atoms with Gasteiger partial charge in [-0.25, -0.2) is 4.39 Å². The third-order valence-electron chi connectivity index (χ3n) is 3.94. The quantitative estimate of drug-likeness (QED) is 0.813. The molecule has 1 atom stereocenters. The second kappa shape index (κ2) is 7.41. The van der Waals surface area contributed by atoms with Crippen molar-refractivity contribution >= 4 is 0 Å². The van der Waals surface area contributed by atoms with Gasteiger partial charge in [0.1, 0.15) is 11.6 Å². The molecule has 2 aromatic carbocycles. The fourth-order valence-electron chi connectivity index (χ4n) is 2.80. The van der Waals surface area contributed by atoms with Gasteiger partial charge in [0, 0.05) is 6.54 Å². The SMILES string of the molecule is Fc1ccc(-c2cccc(OC(F)(F)F)c2)c(COC2CCNC2)c1. The van der Waals surface area contributed by atoms with Crippen molar-refractivity contribution in [1.82, 2.24) is 5.32 Å². The van der Waals surface area contributed by atoms with Gasteiger partial charge in [0.2, 0.25) is 0 Å². The van der Waals surface area contributed by atoms with Crippen LogP contribution in [0.1, 0.15) is 12.0 Å². The lowest BCUT2D eigenvalue weighted by Gasteiger charge is -2.15. The first kappa shape index (κ1) is 17.7. The molecule has 134 valence electrons. The van der Waals surface area contributed by atoms with Crippen LogP contribution in [0.15, 0.2) is 42.5 Å². The molecule has 0 amide bonds. The molecule has 0 aromatic heterocycles. The zero-order chi connectivity index (χ0) is 17.9. The Kier molecular flexibility index (Phi) is 5.24. The Labute approximate surface area is 142 Å². The number of halogens is 4. The lowest BCUT2D eigenvalue weighted by atomic mass is 9.99. The number of hydrogen-bond donors (Lipinski definition) is 1. The monoisotopic (exact) mass is 355 g/mol. The molecular weight excluding hydrogens is 338 g/mol. The molecule has 1 aliphatic heterocycles. The van der Waals surface area contributed by atoms with Crippen molar-refractivity contribution in [2.24, 2.45) is 0 Å². The summed E-state index contributed by atoms with van der Waals surface area (Å²) < 4.78 is 60.6. The minimum atomic E-state index is -4.76. The van der Waals surface area contributed by atoms with Gasteiger partial charge in [0.15, 0.2) is 0 Å². The Hall–Kier alpha value is -2.12. The van der Waals surface area contributed by atoms with Crippen molar-refractivity contribution in [2.45, 2.75) is 25.5 Å². The van der Waals surface area contributed by atoms with Crippen LogP contribution in [-0.2, 0) is 11.3 Å². The summed E-state index contributed by atoms with van der Waals surface area (Å²) in [4.78, 5) is 0. The van der Waals surface area contributed by atoms with E-state index in [0.29, 0.717) is 16.7 Å². The van der Waals surface area contributed by atoms with Gasteiger partial charge in [-0.05, 0) is 53.9 Å². The van der Waals surface area contributed by atoms with Crippen molar-refractivity contribution in [2.75, 3.05) is 13.1 Å². The molecule has 1 saturated heterocycles. The van der Waals surface area contributed by atoms with Crippen LogP contribution in [0.3, 0.4) is 0 Å². The molecule has 3 rings (SSSR count). The van der Waals surface area contributed by atoms with Crippen molar-refractivity contribution in [3.63, 3.8) is 0 Å². The Morgan fingerprint density at radius 1 is 1.12 bits per heavy atom. The highest BCUT2D eigenvalue weighted by molar-refractivity contribution is 5.68. The van der Waals surface area contributed by atoms with Gasteiger partial charge in [0.05, 0.1) is 12.7 Å². The maximum absolute atomic E-state index is 13.6. The van der Waals surface area contributed by atoms with Gasteiger partial charge < -0.3 is 14.8 Å². The predicted molar refractivity (Wildman–Crippen MR) is 84.6 cm³/mol. The van der Waals surface area contributed by atoms with Crippen molar-refractivity contribution in [3.8, 4) is 16.9 Å². The molecule has 1 fully saturated rings. The molecule has 3 nitrogen and oxygen atoms in total. The second-order valence-electron chi connectivity index (χ2n) is 5.80. The van der Waals surface area contributed by atoms with E-state index in [1.54, 1.807) is 6.07 Å². The van der Waals surface area contributed by atoms with Crippen molar-refractivity contribution in [1.29, 1.82) is 0 Å². The van der Waals surface area contributed by atoms with E-state index in [-0.39, 0.29) is 18.5 Å². The number of alkyl halides is 3. The highest BCUT2D eigenvalue weighted by Gasteiger charge is 2.31. The molecule has 1 unspecified atom stereocenters. The van der Waals surface area contributed by atoms with Crippen LogP contribution in [0.25, 0.3) is 11.1 Å². The highest BCUT2D eigenvalue weighted by atomic mass is 19.4. The predicted octanol–water partition coefficient (Wildman–Crippen LogP) is 4.27. The van der Waals surface area contributed by atoms with E-state index in [4.69, 9.17) is 4.74 Å². The van der Waals surface area contributed by atoms with Gasteiger partial charge >= 0.3 is 6.36 Å². The van der Waals surface area contributed by atoms with E-state index in [2.05, 4.69) is 10.1 Å². The molecule has 1 aliphatic rings. The zero-order valence-corrected chi connectivity index (χ0v) is 13.3. The summed E-state index contributed by atoms with van der Waals surface area (Å²) in [7, 11) is 0. The van der Waals surface area contributed by atoms with Crippen molar-refractivity contribution in [3.05, 3.63) is 53.8 Å². The van der Waals surface area contributed by atoms with Gasteiger partial charge in [-0.15, -0.1) is 13.2 Å². The Bertz CT molecular complexity index is 727. The Morgan fingerprint density at radius 3 is 2.68 bits per heavy atom. The number of hydrogen-bond acceptors (Lipinski definition) is 3. The van der Waals surface area contributed by atoms with Gasteiger partial charge in [-0.1, -0.05) is 18.2 Å². The average molecular weight is 355 g/mol. The summed E-state index contributed by atoms with van der Waals surface area (Å²) in [5.41, 5.74) is 1.70. The highest BCUT2D eigenvalue weighted by Crippen LogP contribution is 2.31. The van der Waals surface area contributed by atoms with Crippen LogP contribution in [0.5, 0.6) is 5.75 Å². The van der Waals surface area contributed by atoms with E-state index < -0.39 is 12.2 Å². The largest absolute Gasteiger partial charge is 0.573 e. The molecule has 0 radical (unpaired) electrons. The summed E-state index contributed by atoms with van der Waals surface area (Å²) in [6, 6.07) is 9.76. The van der Waals surface area contributed by atoms with Crippen molar-refractivity contribution < 1.29 is 27.0 Å². The number of benzene rings is 2. The van der Waals surface area contributed by atoms with Gasteiger partial charge in [0.25, 0.3) is 0 Å². The molecule has 0 saturated carbocycles. The minimum absolute atomic E-state index is 0.0519. The number of rotatable bonds is 5. The molecular formula is C18H17F4NO2. The molecule has 0 aliphatic carbocycles. The zero-order valence-electron chi connectivity index (χ0n) is 13.3. The van der Waals surface area contributed by atoms with Crippen LogP contribution in [0.2, 0.25) is 0 Å². The maximum Gasteiger partial charge on any atom is 0.573 e. The first-order valence-electron chi connectivity index (χ1n) is 7.88. The molecule has 0 bridgehead atoms. The van der Waals surface area contributed by atoms with Crippen LogP contribution in [-0.4, -0.2) is 25.6 Å². The first-order valence-corrected chi connectivity index (χ1v) is 7.88. The van der Waals surface area contributed by atoms with Gasteiger partial charge in [-0.3, -0.25) is 0 Å². The molecule has 7 heteroatoms. The summed E-state index contributed by atoms with van der Waals surface area (Å²) in [6.45, 7) is 1.79. The lowest BCUT2D eigenvalue weighted by Crippen LogP contribution is -2.17. The third kappa shape index (κ3) is 4.93. The van der Waals surface area contributed by atoms with Gasteiger partial charge in [-0.2, -0.15) is 0 Å². The second-order valence-corrected chi connectivity index (χ2v) is 5.80. The normalized spacial score (nSPS) is 17.7. The molecule has 1 N–H and O–H groups in total. The summed E-state index contributed by atoms with van der Waals surface area (Å²) in [5, 5.41) is 3.17. The molecule has 2 aromatic rings. The van der Waals surface area contributed by atoms with Crippen LogP contribution >= 0.6 is 0 Å². The molecule has 0 spiro atoms. The summed E-state index contributed by atoms with van der Waals surface area (Å²) >= 11 is 0. The fourth-order valence-corrected chi connectivity index (χ4v) is 2.80. The maximum atomic E-state index is 13.6. The topological polar surface area (TPSA) is 30.5 Å². The Morgan fingerprint density at radius 2 is 1.96 bits per heavy atom. The minimum Gasteiger partial charge on any atom is -0.406 e. The van der Waals surface area contributed by atoms with Crippen LogP contribution in [0.4, 0.5) is 17.6 Å². The molecule has 1 heterocycles. The fraction of sp³-hybridized carbons (Fsp3) is 0.333. The van der Waals surface area contributed by atoms with E-state index in [1.807, 2.05) is 0 Å². The van der Waals surface area contributed by atoms with E-state index >= 15 is 0 Å². The molecule has 25 heavy (non-hydrogen) atoms. The lowest BCUT2D eigenvalue weighted by molar-refractivity contribution is -0.274. The summed E-state index contributed by atoms with van der Waals surface area (Å²) in [6.07, 6.45) is -3.83. The van der Waals surface area contributed by atoms with E-state index in [9.17, 15) is 17.6 Å². The summed E-state index contributed by atoms with van der Waals surface area (Å²) in [5.74, 6) is -0.740. The van der Waals surface area contributed by atoms with E-state index in [1.165, 1.54) is 36.4 Å². The average Bonchev–Trinajstić information content (AvgIpc) is 3.05. The van der Waals surface area contributed by atoms with Crippen LogP contribution < -0.4 is 10.1 Å². The Balaban J connectivity index is 1.84. The smallest absolute Gasteiger partial charge is 0.406 e.